The zero-order chi connectivity index (χ0) is 22.2. The third-order valence-electron chi connectivity index (χ3n) is 6.05. The van der Waals surface area contributed by atoms with Crippen LogP contribution in [0.3, 0.4) is 0 Å². The van der Waals surface area contributed by atoms with Gasteiger partial charge in [-0.05, 0) is 63.7 Å². The highest BCUT2D eigenvalue weighted by Crippen LogP contribution is 2.27. The summed E-state index contributed by atoms with van der Waals surface area (Å²) in [6.45, 7) is 5.83. The van der Waals surface area contributed by atoms with Gasteiger partial charge in [0.05, 0.1) is 0 Å². The average Bonchev–Trinajstić information content (AvgIpc) is 2.74. The lowest BCUT2D eigenvalue weighted by Gasteiger charge is -2.33. The molecule has 0 unspecified atom stereocenters. The summed E-state index contributed by atoms with van der Waals surface area (Å²) in [5.74, 6) is 0.276. The van der Waals surface area contributed by atoms with Crippen LogP contribution < -0.4 is 15.0 Å². The van der Waals surface area contributed by atoms with Gasteiger partial charge < -0.3 is 20.1 Å². The van der Waals surface area contributed by atoms with Crippen molar-refractivity contribution in [3.8, 4) is 5.88 Å². The Morgan fingerprint density at radius 3 is 2.68 bits per heavy atom. The van der Waals surface area contributed by atoms with E-state index in [-0.39, 0.29) is 24.3 Å². The molecule has 170 valence electrons. The van der Waals surface area contributed by atoms with E-state index < -0.39 is 5.97 Å². The predicted molar refractivity (Wildman–Crippen MR) is 121 cm³/mol. The van der Waals surface area contributed by atoms with Crippen molar-refractivity contribution in [1.29, 1.82) is 0 Å². The Kier molecular flexibility index (Phi) is 8.32. The number of carboxylic acids is 1. The third kappa shape index (κ3) is 6.97. The number of aromatic nitrogens is 1. The van der Waals surface area contributed by atoms with E-state index in [0.29, 0.717) is 24.6 Å². The van der Waals surface area contributed by atoms with Crippen LogP contribution in [0.15, 0.2) is 23.8 Å². The fourth-order valence-electron chi connectivity index (χ4n) is 4.37. The SMILES string of the molecule is CC(C)=CCOc1nc(N2CCC[C@@H](CC(=O)O)C2)ccc1C(=O)NC1CCCCC1. The number of piperidine rings is 1. The largest absolute Gasteiger partial charge is 0.481 e. The summed E-state index contributed by atoms with van der Waals surface area (Å²) in [6.07, 6.45) is 9.54. The minimum Gasteiger partial charge on any atom is -0.481 e. The maximum absolute atomic E-state index is 13.0. The Morgan fingerprint density at radius 2 is 1.97 bits per heavy atom. The molecule has 1 aromatic rings. The van der Waals surface area contributed by atoms with Crippen LogP contribution in [0.2, 0.25) is 0 Å². The first-order valence-corrected chi connectivity index (χ1v) is 11.5. The second-order valence-electron chi connectivity index (χ2n) is 8.98. The summed E-state index contributed by atoms with van der Waals surface area (Å²) in [4.78, 5) is 30.9. The summed E-state index contributed by atoms with van der Waals surface area (Å²) in [5, 5.41) is 12.3. The van der Waals surface area contributed by atoms with E-state index in [1.165, 1.54) is 6.42 Å². The van der Waals surface area contributed by atoms with Crippen molar-refractivity contribution in [2.75, 3.05) is 24.6 Å². The second-order valence-corrected chi connectivity index (χ2v) is 8.98. The maximum atomic E-state index is 13.0. The van der Waals surface area contributed by atoms with Gasteiger partial charge in [0.15, 0.2) is 0 Å². The molecule has 7 nitrogen and oxygen atoms in total. The molecule has 3 rings (SSSR count). The standard InChI is InChI=1S/C24H35N3O4/c1-17(2)12-14-31-24-20(23(30)25-19-8-4-3-5-9-19)10-11-21(26-24)27-13-6-7-18(16-27)15-22(28)29/h10-12,18-19H,3-9,13-16H2,1-2H3,(H,25,30)(H,28,29)/t18-/m0/s1. The number of carbonyl (C=O) groups is 2. The smallest absolute Gasteiger partial charge is 0.303 e. The van der Waals surface area contributed by atoms with Crippen molar-refractivity contribution in [3.05, 3.63) is 29.3 Å². The number of rotatable bonds is 8. The normalized spacial score (nSPS) is 19.5. The summed E-state index contributed by atoms with van der Waals surface area (Å²) in [5.41, 5.74) is 1.59. The Hall–Kier alpha value is -2.57. The Bertz CT molecular complexity index is 798. The Balaban J connectivity index is 1.77. The minimum atomic E-state index is -0.764. The molecular weight excluding hydrogens is 394 g/mol. The van der Waals surface area contributed by atoms with E-state index in [4.69, 9.17) is 9.84 Å². The van der Waals surface area contributed by atoms with Crippen LogP contribution in [-0.4, -0.2) is 47.7 Å². The number of allylic oxidation sites excluding steroid dienone is 1. The van der Waals surface area contributed by atoms with Crippen LogP contribution in [0.25, 0.3) is 0 Å². The summed E-state index contributed by atoms with van der Waals surface area (Å²) < 4.78 is 5.91. The lowest BCUT2D eigenvalue weighted by atomic mass is 9.95. The molecule has 1 aliphatic carbocycles. The molecule has 1 saturated heterocycles. The molecule has 1 aromatic heterocycles. The lowest BCUT2D eigenvalue weighted by Crippen LogP contribution is -2.38. The van der Waals surface area contributed by atoms with Crippen LogP contribution in [0.5, 0.6) is 5.88 Å². The molecule has 1 saturated carbocycles. The maximum Gasteiger partial charge on any atom is 0.303 e. The topological polar surface area (TPSA) is 91.8 Å². The van der Waals surface area contributed by atoms with Gasteiger partial charge in [-0.3, -0.25) is 9.59 Å². The molecule has 31 heavy (non-hydrogen) atoms. The first kappa shape index (κ1) is 23.1. The second kappa shape index (κ2) is 11.2. The molecule has 2 fully saturated rings. The van der Waals surface area contributed by atoms with Crippen molar-refractivity contribution < 1.29 is 19.4 Å². The van der Waals surface area contributed by atoms with Crippen molar-refractivity contribution in [2.45, 2.75) is 71.3 Å². The molecule has 1 atom stereocenters. The van der Waals surface area contributed by atoms with Crippen LogP contribution in [-0.2, 0) is 4.79 Å². The van der Waals surface area contributed by atoms with Crippen LogP contribution in [0.1, 0.15) is 75.6 Å². The average molecular weight is 430 g/mol. The molecule has 2 N–H and O–H groups in total. The van der Waals surface area contributed by atoms with Gasteiger partial charge in [0.1, 0.15) is 18.0 Å². The molecule has 0 bridgehead atoms. The fraction of sp³-hybridized carbons (Fsp3) is 0.625. The zero-order valence-electron chi connectivity index (χ0n) is 18.7. The summed E-state index contributed by atoms with van der Waals surface area (Å²) >= 11 is 0. The van der Waals surface area contributed by atoms with E-state index in [9.17, 15) is 9.59 Å². The highest BCUT2D eigenvalue weighted by molar-refractivity contribution is 5.96. The van der Waals surface area contributed by atoms with Crippen LogP contribution in [0.4, 0.5) is 5.82 Å². The number of nitrogens with zero attached hydrogens (tertiary/aromatic N) is 2. The molecule has 0 spiro atoms. The van der Waals surface area contributed by atoms with Gasteiger partial charge in [0, 0.05) is 25.6 Å². The molecule has 2 aliphatic rings. The molecule has 0 aromatic carbocycles. The lowest BCUT2D eigenvalue weighted by molar-refractivity contribution is -0.138. The molecule has 2 heterocycles. The van der Waals surface area contributed by atoms with E-state index in [2.05, 4.69) is 15.2 Å². The van der Waals surface area contributed by atoms with E-state index in [1.54, 1.807) is 6.07 Å². The van der Waals surface area contributed by atoms with Gasteiger partial charge in [0.2, 0.25) is 5.88 Å². The molecule has 1 aliphatic heterocycles. The molecule has 1 amide bonds. The Labute approximate surface area is 184 Å². The summed E-state index contributed by atoms with van der Waals surface area (Å²) in [7, 11) is 0. The number of ether oxygens (including phenoxy) is 1. The molecular formula is C24H35N3O4. The van der Waals surface area contributed by atoms with Gasteiger partial charge in [-0.2, -0.15) is 4.98 Å². The van der Waals surface area contributed by atoms with Gasteiger partial charge in [-0.15, -0.1) is 0 Å². The monoisotopic (exact) mass is 429 g/mol. The van der Waals surface area contributed by atoms with Gasteiger partial charge >= 0.3 is 5.97 Å². The van der Waals surface area contributed by atoms with Gasteiger partial charge in [-0.25, -0.2) is 0 Å². The zero-order valence-corrected chi connectivity index (χ0v) is 18.7. The fourth-order valence-corrected chi connectivity index (χ4v) is 4.37. The van der Waals surface area contributed by atoms with E-state index in [1.807, 2.05) is 26.0 Å². The minimum absolute atomic E-state index is 0.109. The first-order valence-electron chi connectivity index (χ1n) is 11.5. The molecule has 7 heteroatoms. The highest BCUT2D eigenvalue weighted by atomic mass is 16.5. The van der Waals surface area contributed by atoms with Crippen LogP contribution in [0, 0.1) is 5.92 Å². The first-order chi connectivity index (χ1) is 14.9. The number of amides is 1. The predicted octanol–water partition coefficient (Wildman–Crippen LogP) is 4.18. The van der Waals surface area contributed by atoms with Crippen LogP contribution >= 0.6 is 0 Å². The van der Waals surface area contributed by atoms with Gasteiger partial charge in [0.25, 0.3) is 5.91 Å². The number of anilines is 1. The van der Waals surface area contributed by atoms with Gasteiger partial charge in [-0.1, -0.05) is 24.8 Å². The number of hydrogen-bond acceptors (Lipinski definition) is 5. The highest BCUT2D eigenvalue weighted by Gasteiger charge is 2.25. The third-order valence-corrected chi connectivity index (χ3v) is 6.05. The van der Waals surface area contributed by atoms with Crippen molar-refractivity contribution in [2.24, 2.45) is 5.92 Å². The number of hydrogen-bond donors (Lipinski definition) is 2. The summed E-state index contributed by atoms with van der Waals surface area (Å²) in [6, 6.07) is 3.86. The van der Waals surface area contributed by atoms with E-state index in [0.717, 1.165) is 56.5 Å². The Morgan fingerprint density at radius 1 is 1.19 bits per heavy atom. The van der Waals surface area contributed by atoms with E-state index >= 15 is 0 Å². The number of carboxylic acid groups (broad SMARTS) is 1. The van der Waals surface area contributed by atoms with Crippen molar-refractivity contribution >= 4 is 17.7 Å². The number of pyridine rings is 1. The number of aliphatic carboxylic acids is 1. The van der Waals surface area contributed by atoms with Crippen molar-refractivity contribution in [1.82, 2.24) is 10.3 Å². The quantitative estimate of drug-likeness (QED) is 0.603. The molecule has 0 radical (unpaired) electrons. The number of nitrogens with one attached hydrogen (secondary N) is 1. The number of carbonyl (C=O) groups excluding carboxylic acids is 1. The van der Waals surface area contributed by atoms with Crippen molar-refractivity contribution in [3.63, 3.8) is 0 Å².